The van der Waals surface area contributed by atoms with Crippen LogP contribution in [0, 0.1) is 5.92 Å². The van der Waals surface area contributed by atoms with Gasteiger partial charge in [-0.05, 0) is 43.0 Å². The first-order chi connectivity index (χ1) is 15.3. The molecule has 1 aromatic heterocycles. The van der Waals surface area contributed by atoms with Crippen molar-refractivity contribution in [3.63, 3.8) is 0 Å². The van der Waals surface area contributed by atoms with Crippen LogP contribution in [-0.4, -0.2) is 43.1 Å². The molecule has 10 heteroatoms. The van der Waals surface area contributed by atoms with E-state index in [0.29, 0.717) is 40.9 Å². The van der Waals surface area contributed by atoms with Crippen molar-refractivity contribution in [3.8, 4) is 11.5 Å². The fraction of sp³-hybridized carbons (Fsp3) is 0.364. The molecule has 2 aliphatic heterocycles. The quantitative estimate of drug-likeness (QED) is 0.583. The van der Waals surface area contributed by atoms with Crippen LogP contribution in [0.25, 0.3) is 10.2 Å². The van der Waals surface area contributed by atoms with Gasteiger partial charge in [-0.1, -0.05) is 18.3 Å². The zero-order valence-electron chi connectivity index (χ0n) is 17.8. The molecule has 168 valence electrons. The number of carbonyl (C=O) groups excluding carboxylic acids is 1. The lowest BCUT2D eigenvalue weighted by molar-refractivity contribution is 0.0998. The Kier molecular flexibility index (Phi) is 5.31. The van der Waals surface area contributed by atoms with Gasteiger partial charge in [-0.3, -0.25) is 4.79 Å². The Morgan fingerprint density at radius 2 is 1.88 bits per heavy atom. The van der Waals surface area contributed by atoms with Crippen LogP contribution >= 0.6 is 11.3 Å². The molecule has 2 aliphatic rings. The Morgan fingerprint density at radius 1 is 1.16 bits per heavy atom. The number of nitrogens with zero attached hydrogens (tertiary/aromatic N) is 3. The van der Waals surface area contributed by atoms with E-state index in [1.165, 1.54) is 39.9 Å². The van der Waals surface area contributed by atoms with Crippen molar-refractivity contribution in [2.24, 2.45) is 18.0 Å². The molecule has 3 heterocycles. The second-order valence-electron chi connectivity index (χ2n) is 8.17. The van der Waals surface area contributed by atoms with Crippen molar-refractivity contribution in [3.05, 3.63) is 46.8 Å². The van der Waals surface area contributed by atoms with Gasteiger partial charge in [0.05, 0.1) is 15.1 Å². The second-order valence-corrected chi connectivity index (χ2v) is 11.1. The summed E-state index contributed by atoms with van der Waals surface area (Å²) in [6, 6.07) is 9.78. The van der Waals surface area contributed by atoms with Gasteiger partial charge in [-0.2, -0.15) is 9.30 Å². The molecule has 0 bridgehead atoms. The van der Waals surface area contributed by atoms with Crippen molar-refractivity contribution in [1.29, 1.82) is 0 Å². The first-order valence-electron chi connectivity index (χ1n) is 10.4. The maximum absolute atomic E-state index is 12.9. The van der Waals surface area contributed by atoms with Crippen molar-refractivity contribution in [2.75, 3.05) is 19.9 Å². The van der Waals surface area contributed by atoms with Crippen molar-refractivity contribution >= 4 is 37.5 Å². The first kappa shape index (κ1) is 21.2. The molecule has 1 amide bonds. The molecule has 1 atom stereocenters. The summed E-state index contributed by atoms with van der Waals surface area (Å²) in [6.07, 6.45) is 1.90. The topological polar surface area (TPSA) is 90.2 Å². The van der Waals surface area contributed by atoms with E-state index < -0.39 is 15.9 Å². The maximum atomic E-state index is 12.9. The van der Waals surface area contributed by atoms with Crippen LogP contribution in [0.3, 0.4) is 0 Å². The summed E-state index contributed by atoms with van der Waals surface area (Å²) in [5.41, 5.74) is 1.23. The van der Waals surface area contributed by atoms with Crippen LogP contribution in [-0.2, 0) is 17.1 Å². The van der Waals surface area contributed by atoms with Crippen molar-refractivity contribution < 1.29 is 22.7 Å². The standard InChI is InChI=1S/C22H23N3O5S2/c1-14-4-3-9-25(12-14)32(27,28)16-7-5-15(6-8-16)21(26)23-22-24(2)17-10-18-19(30-13-29-18)11-20(17)31-22/h5-8,10-11,14H,3-4,9,12-13H2,1-2H3. The van der Waals surface area contributed by atoms with Crippen LogP contribution < -0.4 is 14.3 Å². The van der Waals surface area contributed by atoms with E-state index in [1.807, 2.05) is 23.7 Å². The lowest BCUT2D eigenvalue weighted by Gasteiger charge is -2.30. The van der Waals surface area contributed by atoms with E-state index in [4.69, 9.17) is 9.47 Å². The average molecular weight is 474 g/mol. The Morgan fingerprint density at radius 3 is 2.59 bits per heavy atom. The number of rotatable bonds is 3. The third-order valence-corrected chi connectivity index (χ3v) is 8.83. The number of aryl methyl sites for hydroxylation is 1. The molecular formula is C22H23N3O5S2. The van der Waals surface area contributed by atoms with E-state index in [0.717, 1.165) is 23.1 Å². The Hall–Kier alpha value is -2.69. The minimum Gasteiger partial charge on any atom is -0.454 e. The maximum Gasteiger partial charge on any atom is 0.279 e. The molecule has 0 saturated carbocycles. The Labute approximate surface area is 189 Å². The number of benzene rings is 2. The lowest BCUT2D eigenvalue weighted by Crippen LogP contribution is -2.39. The summed E-state index contributed by atoms with van der Waals surface area (Å²) in [7, 11) is -1.72. The molecular weight excluding hydrogens is 450 g/mol. The van der Waals surface area contributed by atoms with Gasteiger partial charge >= 0.3 is 0 Å². The minimum atomic E-state index is -3.56. The minimum absolute atomic E-state index is 0.199. The van der Waals surface area contributed by atoms with Gasteiger partial charge in [-0.25, -0.2) is 8.42 Å². The number of hydrogen-bond donors (Lipinski definition) is 0. The van der Waals surface area contributed by atoms with Gasteiger partial charge in [0, 0.05) is 37.8 Å². The van der Waals surface area contributed by atoms with E-state index in [9.17, 15) is 13.2 Å². The normalized spacial score (nSPS) is 19.6. The highest BCUT2D eigenvalue weighted by molar-refractivity contribution is 7.89. The zero-order valence-corrected chi connectivity index (χ0v) is 19.4. The van der Waals surface area contributed by atoms with E-state index in [2.05, 4.69) is 11.9 Å². The summed E-state index contributed by atoms with van der Waals surface area (Å²) in [4.78, 5) is 17.8. The summed E-state index contributed by atoms with van der Waals surface area (Å²) in [6.45, 7) is 3.33. The van der Waals surface area contributed by atoms with E-state index in [1.54, 1.807) is 0 Å². The molecule has 0 aliphatic carbocycles. The third kappa shape index (κ3) is 3.72. The highest BCUT2D eigenvalue weighted by atomic mass is 32.2. The van der Waals surface area contributed by atoms with E-state index in [-0.39, 0.29) is 11.7 Å². The molecule has 5 rings (SSSR count). The third-order valence-electron chi connectivity index (χ3n) is 5.86. The molecule has 0 spiro atoms. The number of carbonyl (C=O) groups is 1. The van der Waals surface area contributed by atoms with E-state index >= 15 is 0 Å². The van der Waals surface area contributed by atoms with Gasteiger partial charge in [-0.15, -0.1) is 0 Å². The van der Waals surface area contributed by atoms with Crippen LogP contribution in [0.1, 0.15) is 30.1 Å². The number of piperidine rings is 1. The number of amides is 1. The van der Waals surface area contributed by atoms with Crippen LogP contribution in [0.5, 0.6) is 11.5 Å². The summed E-state index contributed by atoms with van der Waals surface area (Å²) in [5.74, 6) is 1.27. The number of sulfonamides is 1. The summed E-state index contributed by atoms with van der Waals surface area (Å²) >= 11 is 1.38. The predicted molar refractivity (Wildman–Crippen MR) is 120 cm³/mol. The number of aromatic nitrogens is 1. The molecule has 1 unspecified atom stereocenters. The van der Waals surface area contributed by atoms with Gasteiger partial charge in [0.2, 0.25) is 16.8 Å². The molecule has 8 nitrogen and oxygen atoms in total. The number of fused-ring (bicyclic) bond motifs is 2. The largest absolute Gasteiger partial charge is 0.454 e. The highest BCUT2D eigenvalue weighted by Crippen LogP contribution is 2.36. The highest BCUT2D eigenvalue weighted by Gasteiger charge is 2.28. The number of ether oxygens (including phenoxy) is 2. The van der Waals surface area contributed by atoms with Crippen molar-refractivity contribution in [1.82, 2.24) is 8.87 Å². The second kappa shape index (κ2) is 8.02. The van der Waals surface area contributed by atoms with Gasteiger partial charge < -0.3 is 14.0 Å². The van der Waals surface area contributed by atoms with Gasteiger partial charge in [0.15, 0.2) is 16.3 Å². The number of thiazole rings is 1. The fourth-order valence-electron chi connectivity index (χ4n) is 4.06. The smallest absolute Gasteiger partial charge is 0.279 e. The van der Waals surface area contributed by atoms with Crippen LogP contribution in [0.2, 0.25) is 0 Å². The number of hydrogen-bond acceptors (Lipinski definition) is 6. The van der Waals surface area contributed by atoms with Crippen molar-refractivity contribution in [2.45, 2.75) is 24.7 Å². The molecule has 0 radical (unpaired) electrons. The molecule has 3 aromatic rings. The molecule has 2 aromatic carbocycles. The average Bonchev–Trinajstić information content (AvgIpc) is 3.36. The summed E-state index contributed by atoms with van der Waals surface area (Å²) in [5, 5.41) is 0. The molecule has 1 fully saturated rings. The monoisotopic (exact) mass is 473 g/mol. The lowest BCUT2D eigenvalue weighted by atomic mass is 10.0. The SMILES string of the molecule is CC1CCCN(S(=O)(=O)c2ccc(C(=O)N=c3sc4cc5c(cc4n3C)OCO5)cc2)C1. The molecule has 32 heavy (non-hydrogen) atoms. The molecule has 0 N–H and O–H groups in total. The van der Waals surface area contributed by atoms with Gasteiger partial charge in [0.1, 0.15) is 0 Å². The Balaban J connectivity index is 1.42. The zero-order chi connectivity index (χ0) is 22.5. The van der Waals surface area contributed by atoms with Gasteiger partial charge in [0.25, 0.3) is 5.91 Å². The Bertz CT molecular complexity index is 1370. The predicted octanol–water partition coefficient (Wildman–Crippen LogP) is 3.13. The fourth-order valence-corrected chi connectivity index (χ4v) is 6.68. The summed E-state index contributed by atoms with van der Waals surface area (Å²) < 4.78 is 41.0. The molecule has 1 saturated heterocycles. The first-order valence-corrected chi connectivity index (χ1v) is 12.7. The van der Waals surface area contributed by atoms with Crippen LogP contribution in [0.4, 0.5) is 0 Å². The van der Waals surface area contributed by atoms with Crippen LogP contribution in [0.15, 0.2) is 46.3 Å².